The van der Waals surface area contributed by atoms with E-state index in [-0.39, 0.29) is 117 Å². The van der Waals surface area contributed by atoms with E-state index in [0.29, 0.717) is 22.3 Å². The topological polar surface area (TPSA) is 282 Å². The van der Waals surface area contributed by atoms with Gasteiger partial charge < -0.3 is 60.8 Å². The molecule has 20 heteroatoms. The van der Waals surface area contributed by atoms with Crippen LogP contribution in [0.5, 0.6) is 23.0 Å². The first kappa shape index (κ1) is 66.1. The minimum atomic E-state index is -1.01. The minimum Gasteiger partial charge on any atom is -0.872 e. The minimum absolute atomic E-state index is 0. The molecule has 0 aliphatic heterocycles. The molecule has 8 rings (SSSR count). The molecule has 0 amide bonds. The number of hydrogen-bond donors (Lipinski definition) is 2. The maximum atomic E-state index is 11.7. The molecule has 4 aromatic carbocycles. The molecule has 380 valence electrons. The first-order valence-corrected chi connectivity index (χ1v) is 20.2. The first-order chi connectivity index (χ1) is 32.3. The zero-order chi connectivity index (χ0) is 47.8. The van der Waals surface area contributed by atoms with E-state index in [1.54, 1.807) is 97.6 Å². The molecule has 8 aromatic rings. The predicted molar refractivity (Wildman–Crippen MR) is 247 cm³/mol. The van der Waals surface area contributed by atoms with Gasteiger partial charge in [0.25, 0.3) is 0 Å². The Kier molecular flexibility index (Phi) is 37.7. The zero-order valence-corrected chi connectivity index (χ0v) is 41.2. The second-order valence-electron chi connectivity index (χ2n) is 13.1. The van der Waals surface area contributed by atoms with Crippen molar-refractivity contribution in [1.82, 2.24) is 19.9 Å². The van der Waals surface area contributed by atoms with Crippen LogP contribution in [-0.4, -0.2) is 97.6 Å². The molecule has 0 saturated carbocycles. The molecule has 4 radical (unpaired) electrons. The number of para-hydroxylation sites is 4. The fraction of sp³-hybridized carbons (Fsp3) is 0.160. The molecule has 2 N–H and O–H groups in total. The molecule has 0 atom stereocenters. The van der Waals surface area contributed by atoms with Gasteiger partial charge in [0.2, 0.25) is 0 Å². The number of aliphatic hydroxyl groups excluding tert-OH is 2. The number of rotatable bonds is 12. The molecule has 4 aromatic heterocycles. The Morgan fingerprint density at radius 1 is 0.414 bits per heavy atom. The Balaban J connectivity index is 0. The molecule has 4 heterocycles. The van der Waals surface area contributed by atoms with E-state index in [1.807, 2.05) is 36.4 Å². The summed E-state index contributed by atoms with van der Waals surface area (Å²) in [5.74, 6) is -0.505. The third kappa shape index (κ3) is 25.1. The van der Waals surface area contributed by atoms with Gasteiger partial charge in [0.05, 0.1) is 0 Å². The van der Waals surface area contributed by atoms with Crippen molar-refractivity contribution in [2.45, 2.75) is 12.2 Å². The van der Waals surface area contributed by atoms with Gasteiger partial charge in [-0.25, -0.2) is 0 Å². The average molecular weight is 1140 g/mol. The third-order valence-corrected chi connectivity index (χ3v) is 8.37. The van der Waals surface area contributed by atoms with Gasteiger partial charge in [0.1, 0.15) is 0 Å². The number of fused-ring (bicyclic) bond motifs is 2. The Hall–Kier alpha value is -5.94. The molecule has 0 bridgehead atoms. The number of aromatic nitrogens is 4. The Bertz CT molecular complexity index is 2350. The quantitative estimate of drug-likeness (QED) is 0.131. The van der Waals surface area contributed by atoms with Crippen LogP contribution in [0.4, 0.5) is 0 Å². The summed E-state index contributed by atoms with van der Waals surface area (Å²) in [5.41, 5.74) is 3.49. The van der Waals surface area contributed by atoms with Crippen molar-refractivity contribution in [3.8, 4) is 23.0 Å². The Morgan fingerprint density at radius 3 is 0.914 bits per heavy atom. The molecule has 0 aliphatic carbocycles. The van der Waals surface area contributed by atoms with Crippen LogP contribution in [0.25, 0.3) is 22.1 Å². The summed E-state index contributed by atoms with van der Waals surface area (Å²) < 4.78 is 0. The summed E-state index contributed by atoms with van der Waals surface area (Å²) in [4.78, 5) is 32.0. The molecule has 16 nitrogen and oxygen atoms in total. The van der Waals surface area contributed by atoms with Crippen LogP contribution in [0, 0.1) is 0 Å². The number of hydrogen-bond acceptors (Lipinski definition) is 14. The number of aliphatic hydroxyl groups is 2. The maximum Gasteiger partial charge on any atom is 2.00 e. The van der Waals surface area contributed by atoms with Crippen molar-refractivity contribution >= 4 is 46.9 Å². The van der Waals surface area contributed by atoms with E-state index in [2.05, 4.69) is 39.9 Å². The fourth-order valence-corrected chi connectivity index (χ4v) is 5.21. The Morgan fingerprint density at radius 2 is 0.671 bits per heavy atom. The summed E-state index contributed by atoms with van der Waals surface area (Å²) in [6, 6.07) is 37.6. The van der Waals surface area contributed by atoms with Crippen molar-refractivity contribution in [3.05, 3.63) is 181 Å². The van der Waals surface area contributed by atoms with Gasteiger partial charge in [0, 0.05) is 65.3 Å². The van der Waals surface area contributed by atoms with Crippen LogP contribution in [-0.2, 0) is 68.3 Å². The Labute approximate surface area is 449 Å². The van der Waals surface area contributed by atoms with Crippen molar-refractivity contribution in [2.75, 3.05) is 40.4 Å². The SMILES string of the molecule is CO.CO.[Cu+2].[Cu+2].[Cu+2].[Cu+2].[O-]c1ccccc1C=NCC([O-])CN=Cc1ccccc1[O-].[O-]c1ccccc1C=NCC([O-])CN=Cc1ccccc1[O-].c1cnc2[n-]ccc2c1.c1cnc2[n-]ccc2c1. The van der Waals surface area contributed by atoms with Crippen LogP contribution in [0.2, 0.25) is 0 Å². The van der Waals surface area contributed by atoms with E-state index < -0.39 is 12.2 Å². The molecule has 0 unspecified atom stereocenters. The van der Waals surface area contributed by atoms with Crippen LogP contribution >= 0.6 is 0 Å². The van der Waals surface area contributed by atoms with Crippen molar-refractivity contribution in [3.63, 3.8) is 0 Å². The van der Waals surface area contributed by atoms with Crippen LogP contribution in [0.3, 0.4) is 0 Å². The van der Waals surface area contributed by atoms with Crippen LogP contribution < -0.4 is 40.6 Å². The van der Waals surface area contributed by atoms with E-state index in [1.165, 1.54) is 49.1 Å². The molecule has 0 aliphatic rings. The van der Waals surface area contributed by atoms with Crippen LogP contribution in [0.1, 0.15) is 22.3 Å². The largest absolute Gasteiger partial charge is 2.00 e. The van der Waals surface area contributed by atoms with E-state index in [9.17, 15) is 30.6 Å². The number of benzene rings is 4. The first-order valence-electron chi connectivity index (χ1n) is 20.2. The third-order valence-electron chi connectivity index (χ3n) is 8.37. The summed E-state index contributed by atoms with van der Waals surface area (Å²) in [5, 5.41) is 85.3. The van der Waals surface area contributed by atoms with Gasteiger partial charge in [-0.2, -0.15) is 0 Å². The molecule has 0 saturated heterocycles. The molecule has 0 spiro atoms. The van der Waals surface area contributed by atoms with Crippen molar-refractivity contribution in [2.24, 2.45) is 20.0 Å². The summed E-state index contributed by atoms with van der Waals surface area (Å²) in [6.45, 7) is 0.130. The van der Waals surface area contributed by atoms with Gasteiger partial charge in [-0.3, -0.25) is 20.0 Å². The molecular weight excluding hydrogens is 1090 g/mol. The van der Waals surface area contributed by atoms with Gasteiger partial charge in [-0.1, -0.05) is 182 Å². The standard InChI is InChI=1S/2C17H17N2O3.2C7H5N2.2CH4O.4Cu/c2*20-15(11-18-9-13-5-1-3-7-16(13)21)12-19-10-14-6-2-4-8-17(14)22;2*1-2-6-3-5-9-7(6)8-4-1;2*1-2;;;;/h2*1-10,15,21-22H,11-12H2;2*1-5H;2*2H,1H3;;;;/q4*-1;;;4*+2/p-4. The van der Waals surface area contributed by atoms with Crippen LogP contribution in [0.15, 0.2) is 178 Å². The van der Waals surface area contributed by atoms with E-state index in [4.69, 9.17) is 10.2 Å². The molecule has 70 heavy (non-hydrogen) atoms. The smallest absolute Gasteiger partial charge is 0.872 e. The van der Waals surface area contributed by atoms with Gasteiger partial charge in [-0.15, -0.1) is 23.0 Å². The summed E-state index contributed by atoms with van der Waals surface area (Å²) in [7, 11) is 2.00. The number of nitrogens with zero attached hydrogens (tertiary/aromatic N) is 8. The normalized spacial score (nSPS) is 10.9. The van der Waals surface area contributed by atoms with E-state index in [0.717, 1.165) is 36.3 Å². The molecular formula is C50H48Cu4N8O8. The number of pyridine rings is 2. The van der Waals surface area contributed by atoms with Gasteiger partial charge in [0.15, 0.2) is 0 Å². The second kappa shape index (κ2) is 39.9. The second-order valence-corrected chi connectivity index (χ2v) is 13.1. The number of aliphatic imine (C=N–C) groups is 4. The summed E-state index contributed by atoms with van der Waals surface area (Å²) in [6.07, 6.45) is 10.6. The fourth-order valence-electron chi connectivity index (χ4n) is 5.21. The zero-order valence-electron chi connectivity index (χ0n) is 37.4. The van der Waals surface area contributed by atoms with Gasteiger partial charge >= 0.3 is 68.3 Å². The van der Waals surface area contributed by atoms with E-state index >= 15 is 0 Å². The van der Waals surface area contributed by atoms with Crippen molar-refractivity contribution < 1.29 is 109 Å². The molecule has 0 fully saturated rings. The summed E-state index contributed by atoms with van der Waals surface area (Å²) >= 11 is 0. The maximum absolute atomic E-state index is 11.7. The predicted octanol–water partition coefficient (Wildman–Crippen LogP) is 1.79. The average Bonchev–Trinajstić information content (AvgIpc) is 4.04. The van der Waals surface area contributed by atoms with Gasteiger partial charge in [-0.05, 0) is 33.0 Å². The monoisotopic (exact) mass is 1140 g/mol. The van der Waals surface area contributed by atoms with Crippen molar-refractivity contribution in [1.29, 1.82) is 0 Å².